The Labute approximate surface area is 90.4 Å². The molecule has 0 fully saturated rings. The molecule has 82 valence electrons. The van der Waals surface area contributed by atoms with E-state index in [2.05, 4.69) is 19.2 Å². The summed E-state index contributed by atoms with van der Waals surface area (Å²) in [4.78, 5) is 10.2. The standard InChI is InChI=1S/C12H17NO2/c1-3-10(2)15-8-11-4-6-12(7-5-11)13-9-14/h4-7,9-10H,3,8H2,1-2H3,(H,13,14). The number of nitrogens with one attached hydrogen (secondary N) is 1. The molecule has 0 bridgehead atoms. The lowest BCUT2D eigenvalue weighted by molar-refractivity contribution is -0.105. The average molecular weight is 207 g/mol. The highest BCUT2D eigenvalue weighted by Gasteiger charge is 1.99. The molecule has 3 heteroatoms. The van der Waals surface area contributed by atoms with Crippen molar-refractivity contribution in [2.24, 2.45) is 0 Å². The van der Waals surface area contributed by atoms with Gasteiger partial charge in [-0.15, -0.1) is 0 Å². The minimum Gasteiger partial charge on any atom is -0.374 e. The molecule has 1 N–H and O–H groups in total. The Bertz CT molecular complexity index is 295. The summed E-state index contributed by atoms with van der Waals surface area (Å²) >= 11 is 0. The summed E-state index contributed by atoms with van der Waals surface area (Å²) in [6.45, 7) is 4.78. The molecule has 0 saturated heterocycles. The van der Waals surface area contributed by atoms with Crippen molar-refractivity contribution < 1.29 is 9.53 Å². The number of carbonyl (C=O) groups excluding carboxylic acids is 1. The first kappa shape index (κ1) is 11.7. The molecule has 3 nitrogen and oxygen atoms in total. The Balaban J connectivity index is 2.45. The van der Waals surface area contributed by atoms with Crippen LogP contribution in [0.5, 0.6) is 0 Å². The third-order valence-electron chi connectivity index (χ3n) is 2.29. The van der Waals surface area contributed by atoms with E-state index in [0.29, 0.717) is 13.0 Å². The van der Waals surface area contributed by atoms with Gasteiger partial charge in [0.1, 0.15) is 0 Å². The number of hydrogen-bond acceptors (Lipinski definition) is 2. The molecule has 0 radical (unpaired) electrons. The second-order valence-electron chi connectivity index (χ2n) is 3.49. The van der Waals surface area contributed by atoms with Crippen LogP contribution in [0.2, 0.25) is 0 Å². The van der Waals surface area contributed by atoms with Crippen LogP contribution in [0.4, 0.5) is 5.69 Å². The van der Waals surface area contributed by atoms with Crippen LogP contribution in [0.25, 0.3) is 0 Å². The van der Waals surface area contributed by atoms with Gasteiger partial charge in [0, 0.05) is 5.69 Å². The summed E-state index contributed by atoms with van der Waals surface area (Å²) in [6.07, 6.45) is 1.98. The van der Waals surface area contributed by atoms with Gasteiger partial charge in [0.15, 0.2) is 0 Å². The van der Waals surface area contributed by atoms with Crippen molar-refractivity contribution in [1.29, 1.82) is 0 Å². The van der Waals surface area contributed by atoms with Crippen molar-refractivity contribution in [3.05, 3.63) is 29.8 Å². The zero-order chi connectivity index (χ0) is 11.1. The van der Waals surface area contributed by atoms with E-state index in [1.807, 2.05) is 24.3 Å². The fourth-order valence-corrected chi connectivity index (χ4v) is 1.12. The van der Waals surface area contributed by atoms with E-state index in [9.17, 15) is 4.79 Å². The molecule has 1 aromatic rings. The second kappa shape index (κ2) is 6.19. The number of carbonyl (C=O) groups is 1. The lowest BCUT2D eigenvalue weighted by atomic mass is 10.2. The molecule has 1 unspecified atom stereocenters. The van der Waals surface area contributed by atoms with E-state index < -0.39 is 0 Å². The van der Waals surface area contributed by atoms with E-state index in [4.69, 9.17) is 4.74 Å². The van der Waals surface area contributed by atoms with Gasteiger partial charge in [0.05, 0.1) is 12.7 Å². The van der Waals surface area contributed by atoms with Gasteiger partial charge >= 0.3 is 0 Å². The second-order valence-corrected chi connectivity index (χ2v) is 3.49. The summed E-state index contributed by atoms with van der Waals surface area (Å²) in [7, 11) is 0. The largest absolute Gasteiger partial charge is 0.374 e. The predicted molar refractivity (Wildman–Crippen MR) is 60.7 cm³/mol. The molecule has 0 spiro atoms. The summed E-state index contributed by atoms with van der Waals surface area (Å²) in [5.41, 5.74) is 1.92. The van der Waals surface area contributed by atoms with Crippen molar-refractivity contribution in [3.8, 4) is 0 Å². The highest BCUT2D eigenvalue weighted by Crippen LogP contribution is 2.10. The molecule has 1 atom stereocenters. The van der Waals surface area contributed by atoms with E-state index in [1.54, 1.807) is 0 Å². The van der Waals surface area contributed by atoms with Crippen molar-refractivity contribution in [3.63, 3.8) is 0 Å². The number of amides is 1. The Hall–Kier alpha value is -1.35. The maximum atomic E-state index is 10.2. The molecule has 0 saturated carbocycles. The fourth-order valence-electron chi connectivity index (χ4n) is 1.12. The van der Waals surface area contributed by atoms with Gasteiger partial charge in [-0.3, -0.25) is 4.79 Å². The highest BCUT2D eigenvalue weighted by molar-refractivity contribution is 5.70. The highest BCUT2D eigenvalue weighted by atomic mass is 16.5. The topological polar surface area (TPSA) is 38.3 Å². The van der Waals surface area contributed by atoms with Gasteiger partial charge in [0.2, 0.25) is 6.41 Å². The van der Waals surface area contributed by atoms with E-state index in [0.717, 1.165) is 17.7 Å². The van der Waals surface area contributed by atoms with Gasteiger partial charge in [-0.1, -0.05) is 19.1 Å². The molecule has 1 aromatic carbocycles. The van der Waals surface area contributed by atoms with Crippen molar-refractivity contribution >= 4 is 12.1 Å². The number of benzene rings is 1. The number of anilines is 1. The van der Waals surface area contributed by atoms with Crippen LogP contribution < -0.4 is 5.32 Å². The molecule has 1 rings (SSSR count). The monoisotopic (exact) mass is 207 g/mol. The average Bonchev–Trinajstić information content (AvgIpc) is 2.28. The predicted octanol–water partition coefficient (Wildman–Crippen LogP) is 2.57. The minimum absolute atomic E-state index is 0.290. The number of rotatable bonds is 6. The smallest absolute Gasteiger partial charge is 0.211 e. The third kappa shape index (κ3) is 4.13. The molecule has 0 aliphatic rings. The molecule has 0 aromatic heterocycles. The molecular weight excluding hydrogens is 190 g/mol. The SMILES string of the molecule is CCC(C)OCc1ccc(NC=O)cc1. The molecule has 15 heavy (non-hydrogen) atoms. The fraction of sp³-hybridized carbons (Fsp3) is 0.417. The Morgan fingerprint density at radius 1 is 1.40 bits per heavy atom. The lowest BCUT2D eigenvalue weighted by Crippen LogP contribution is -2.06. The van der Waals surface area contributed by atoms with Gasteiger partial charge in [0.25, 0.3) is 0 Å². The van der Waals surface area contributed by atoms with Crippen LogP contribution in [-0.2, 0) is 16.1 Å². The molecule has 0 aliphatic heterocycles. The van der Waals surface area contributed by atoms with Gasteiger partial charge < -0.3 is 10.1 Å². The minimum atomic E-state index is 0.290. The maximum Gasteiger partial charge on any atom is 0.211 e. The first-order valence-electron chi connectivity index (χ1n) is 5.17. The summed E-state index contributed by atoms with van der Waals surface area (Å²) in [6, 6.07) is 7.63. The van der Waals surface area contributed by atoms with Crippen LogP contribution in [-0.4, -0.2) is 12.5 Å². The summed E-state index contributed by atoms with van der Waals surface area (Å²) in [5.74, 6) is 0. The van der Waals surface area contributed by atoms with Gasteiger partial charge in [-0.05, 0) is 31.0 Å². The van der Waals surface area contributed by atoms with Crippen LogP contribution in [0.3, 0.4) is 0 Å². The molecular formula is C12H17NO2. The Morgan fingerprint density at radius 3 is 2.60 bits per heavy atom. The first-order chi connectivity index (χ1) is 7.26. The zero-order valence-corrected chi connectivity index (χ0v) is 9.19. The first-order valence-corrected chi connectivity index (χ1v) is 5.17. The Kier molecular flexibility index (Phi) is 4.84. The van der Waals surface area contributed by atoms with Crippen LogP contribution in [0, 0.1) is 0 Å². The number of hydrogen-bond donors (Lipinski definition) is 1. The Morgan fingerprint density at radius 2 is 2.07 bits per heavy atom. The molecule has 0 aliphatic carbocycles. The lowest BCUT2D eigenvalue weighted by Gasteiger charge is -2.10. The normalized spacial score (nSPS) is 12.1. The third-order valence-corrected chi connectivity index (χ3v) is 2.29. The van der Waals surface area contributed by atoms with Crippen molar-refractivity contribution in [1.82, 2.24) is 0 Å². The van der Waals surface area contributed by atoms with Gasteiger partial charge in [-0.25, -0.2) is 0 Å². The quantitative estimate of drug-likeness (QED) is 0.728. The molecule has 1 amide bonds. The van der Waals surface area contributed by atoms with Crippen molar-refractivity contribution in [2.75, 3.05) is 5.32 Å². The number of ether oxygens (including phenoxy) is 1. The van der Waals surface area contributed by atoms with Crippen molar-refractivity contribution in [2.45, 2.75) is 33.0 Å². The van der Waals surface area contributed by atoms with E-state index in [-0.39, 0.29) is 6.10 Å². The maximum absolute atomic E-state index is 10.2. The van der Waals surface area contributed by atoms with E-state index in [1.165, 1.54) is 0 Å². The zero-order valence-electron chi connectivity index (χ0n) is 9.19. The van der Waals surface area contributed by atoms with Gasteiger partial charge in [-0.2, -0.15) is 0 Å². The molecule has 0 heterocycles. The van der Waals surface area contributed by atoms with Crippen LogP contribution in [0.1, 0.15) is 25.8 Å². The summed E-state index contributed by atoms with van der Waals surface area (Å²) in [5, 5.41) is 2.59. The van der Waals surface area contributed by atoms with E-state index >= 15 is 0 Å². The summed E-state index contributed by atoms with van der Waals surface area (Å²) < 4.78 is 5.59. The van der Waals surface area contributed by atoms with Crippen LogP contribution >= 0.6 is 0 Å². The van der Waals surface area contributed by atoms with Crippen LogP contribution in [0.15, 0.2) is 24.3 Å².